The molecule has 3 N–H and O–H groups in total. The monoisotopic (exact) mass is 285 g/mol. The van der Waals surface area contributed by atoms with Crippen LogP contribution in [0.1, 0.15) is 24.4 Å². The lowest BCUT2D eigenvalue weighted by Crippen LogP contribution is -2.11. The molecule has 3 aromatic rings. The van der Waals surface area contributed by atoms with E-state index in [1.807, 2.05) is 23.6 Å². The molecule has 0 bridgehead atoms. The minimum Gasteiger partial charge on any atom is -0.399 e. The van der Waals surface area contributed by atoms with Crippen molar-refractivity contribution in [1.29, 1.82) is 0 Å². The molecule has 108 valence electrons. The third-order valence-corrected chi connectivity index (χ3v) is 3.65. The SMILES string of the molecule is CC(c1cccc(F)c1)n1c(CO)nc2cc(N)ccc21. The van der Waals surface area contributed by atoms with Gasteiger partial charge in [0.25, 0.3) is 0 Å². The Hall–Kier alpha value is -2.40. The van der Waals surface area contributed by atoms with Gasteiger partial charge in [-0.2, -0.15) is 0 Å². The number of hydrogen-bond donors (Lipinski definition) is 2. The van der Waals surface area contributed by atoms with Gasteiger partial charge in [0.2, 0.25) is 0 Å². The van der Waals surface area contributed by atoms with Crippen molar-refractivity contribution < 1.29 is 9.50 Å². The quantitative estimate of drug-likeness (QED) is 0.727. The zero-order valence-corrected chi connectivity index (χ0v) is 11.6. The zero-order valence-electron chi connectivity index (χ0n) is 11.6. The molecule has 1 unspecified atom stereocenters. The van der Waals surface area contributed by atoms with Crippen LogP contribution >= 0.6 is 0 Å². The van der Waals surface area contributed by atoms with Crippen LogP contribution in [-0.4, -0.2) is 14.7 Å². The molecule has 1 heterocycles. The summed E-state index contributed by atoms with van der Waals surface area (Å²) < 4.78 is 15.3. The average molecular weight is 285 g/mol. The van der Waals surface area contributed by atoms with Gasteiger partial charge < -0.3 is 15.4 Å². The summed E-state index contributed by atoms with van der Waals surface area (Å²) in [4.78, 5) is 4.40. The molecule has 0 saturated carbocycles. The second kappa shape index (κ2) is 5.18. The highest BCUT2D eigenvalue weighted by atomic mass is 19.1. The van der Waals surface area contributed by atoms with E-state index in [9.17, 15) is 9.50 Å². The lowest BCUT2D eigenvalue weighted by atomic mass is 10.1. The average Bonchev–Trinajstić information content (AvgIpc) is 2.83. The van der Waals surface area contributed by atoms with Gasteiger partial charge >= 0.3 is 0 Å². The molecule has 1 aromatic heterocycles. The highest BCUT2D eigenvalue weighted by molar-refractivity contribution is 5.80. The van der Waals surface area contributed by atoms with Gasteiger partial charge in [-0.1, -0.05) is 12.1 Å². The summed E-state index contributed by atoms with van der Waals surface area (Å²) in [5.41, 5.74) is 8.80. The summed E-state index contributed by atoms with van der Waals surface area (Å²) in [6, 6.07) is 11.7. The summed E-state index contributed by atoms with van der Waals surface area (Å²) in [5, 5.41) is 9.55. The Balaban J connectivity index is 2.18. The van der Waals surface area contributed by atoms with Crippen molar-refractivity contribution in [2.45, 2.75) is 19.6 Å². The number of hydrogen-bond acceptors (Lipinski definition) is 3. The smallest absolute Gasteiger partial charge is 0.136 e. The Bertz CT molecular complexity index is 797. The van der Waals surface area contributed by atoms with Gasteiger partial charge in [-0.25, -0.2) is 9.37 Å². The Morgan fingerprint density at radius 3 is 2.81 bits per heavy atom. The third-order valence-electron chi connectivity index (χ3n) is 3.65. The first-order valence-corrected chi connectivity index (χ1v) is 6.73. The maximum absolute atomic E-state index is 13.4. The molecule has 0 aliphatic carbocycles. The second-order valence-electron chi connectivity index (χ2n) is 5.04. The van der Waals surface area contributed by atoms with Gasteiger partial charge in [-0.15, -0.1) is 0 Å². The number of anilines is 1. The first-order chi connectivity index (χ1) is 10.1. The van der Waals surface area contributed by atoms with Crippen LogP contribution in [0.3, 0.4) is 0 Å². The summed E-state index contributed by atoms with van der Waals surface area (Å²) in [7, 11) is 0. The number of imidazole rings is 1. The van der Waals surface area contributed by atoms with Gasteiger partial charge in [0, 0.05) is 5.69 Å². The summed E-state index contributed by atoms with van der Waals surface area (Å²) in [5.74, 6) is 0.255. The molecule has 0 saturated heterocycles. The number of benzene rings is 2. The van der Waals surface area contributed by atoms with E-state index in [1.54, 1.807) is 18.2 Å². The van der Waals surface area contributed by atoms with E-state index in [4.69, 9.17) is 5.73 Å². The van der Waals surface area contributed by atoms with E-state index in [-0.39, 0.29) is 18.5 Å². The van der Waals surface area contributed by atoms with E-state index >= 15 is 0 Å². The number of nitrogen functional groups attached to an aromatic ring is 1. The molecule has 2 aromatic carbocycles. The van der Waals surface area contributed by atoms with Crippen molar-refractivity contribution in [2.75, 3.05) is 5.73 Å². The van der Waals surface area contributed by atoms with Crippen molar-refractivity contribution in [3.63, 3.8) is 0 Å². The van der Waals surface area contributed by atoms with Crippen LogP contribution in [0.2, 0.25) is 0 Å². The number of aliphatic hydroxyl groups excluding tert-OH is 1. The molecular formula is C16H16FN3O. The Morgan fingerprint density at radius 2 is 2.10 bits per heavy atom. The van der Waals surface area contributed by atoms with E-state index in [2.05, 4.69) is 4.98 Å². The Labute approximate surface area is 121 Å². The lowest BCUT2D eigenvalue weighted by molar-refractivity contribution is 0.264. The molecule has 0 fully saturated rings. The fourth-order valence-corrected chi connectivity index (χ4v) is 2.62. The number of rotatable bonds is 3. The largest absolute Gasteiger partial charge is 0.399 e. The van der Waals surface area contributed by atoms with Crippen LogP contribution in [0, 0.1) is 5.82 Å². The maximum Gasteiger partial charge on any atom is 0.136 e. The molecule has 0 aliphatic heterocycles. The van der Waals surface area contributed by atoms with Gasteiger partial charge in [-0.3, -0.25) is 0 Å². The van der Waals surface area contributed by atoms with Crippen molar-refractivity contribution in [3.05, 3.63) is 59.7 Å². The molecular weight excluding hydrogens is 269 g/mol. The van der Waals surface area contributed by atoms with E-state index < -0.39 is 0 Å². The van der Waals surface area contributed by atoms with Crippen molar-refractivity contribution in [2.24, 2.45) is 0 Å². The van der Waals surface area contributed by atoms with Gasteiger partial charge in [0.1, 0.15) is 18.2 Å². The Kier molecular flexibility index (Phi) is 3.35. The summed E-state index contributed by atoms with van der Waals surface area (Å²) >= 11 is 0. The third kappa shape index (κ3) is 2.36. The summed E-state index contributed by atoms with van der Waals surface area (Å²) in [6.45, 7) is 1.76. The van der Waals surface area contributed by atoms with Crippen LogP contribution in [0.25, 0.3) is 11.0 Å². The van der Waals surface area contributed by atoms with Gasteiger partial charge in [0.15, 0.2) is 0 Å². The van der Waals surface area contributed by atoms with Crippen LogP contribution in [0.4, 0.5) is 10.1 Å². The highest BCUT2D eigenvalue weighted by Gasteiger charge is 2.17. The fraction of sp³-hybridized carbons (Fsp3) is 0.188. The topological polar surface area (TPSA) is 64.1 Å². The van der Waals surface area contributed by atoms with Gasteiger partial charge in [-0.05, 0) is 42.8 Å². The van der Waals surface area contributed by atoms with Crippen LogP contribution in [-0.2, 0) is 6.61 Å². The molecule has 21 heavy (non-hydrogen) atoms. The number of aliphatic hydroxyl groups is 1. The lowest BCUT2D eigenvalue weighted by Gasteiger charge is -2.17. The van der Waals surface area contributed by atoms with Crippen molar-refractivity contribution in [3.8, 4) is 0 Å². The first kappa shape index (κ1) is 13.6. The predicted octanol–water partition coefficient (Wildman–Crippen LogP) is 2.86. The number of halogens is 1. The molecule has 5 heteroatoms. The fourth-order valence-electron chi connectivity index (χ4n) is 2.62. The molecule has 3 rings (SSSR count). The molecule has 4 nitrogen and oxygen atoms in total. The standard InChI is InChI=1S/C16H16FN3O/c1-10(11-3-2-4-12(17)7-11)20-15-6-5-13(18)8-14(15)19-16(20)9-21/h2-8,10,21H,9,18H2,1H3. The highest BCUT2D eigenvalue weighted by Crippen LogP contribution is 2.27. The summed E-state index contributed by atoms with van der Waals surface area (Å²) in [6.07, 6.45) is 0. The Morgan fingerprint density at radius 1 is 1.29 bits per heavy atom. The van der Waals surface area contributed by atoms with Crippen LogP contribution in [0.5, 0.6) is 0 Å². The number of aromatic nitrogens is 2. The molecule has 0 spiro atoms. The number of fused-ring (bicyclic) bond motifs is 1. The van der Waals surface area contributed by atoms with E-state index in [0.29, 0.717) is 11.5 Å². The number of nitrogens with zero attached hydrogens (tertiary/aromatic N) is 2. The van der Waals surface area contributed by atoms with Crippen molar-refractivity contribution in [1.82, 2.24) is 9.55 Å². The van der Waals surface area contributed by atoms with E-state index in [0.717, 1.165) is 16.6 Å². The zero-order chi connectivity index (χ0) is 15.0. The predicted molar refractivity (Wildman–Crippen MR) is 80.3 cm³/mol. The normalized spacial score (nSPS) is 12.7. The molecule has 0 radical (unpaired) electrons. The minimum atomic E-state index is -0.279. The molecule has 1 atom stereocenters. The van der Waals surface area contributed by atoms with Crippen LogP contribution < -0.4 is 5.73 Å². The van der Waals surface area contributed by atoms with E-state index in [1.165, 1.54) is 12.1 Å². The maximum atomic E-state index is 13.4. The first-order valence-electron chi connectivity index (χ1n) is 6.73. The second-order valence-corrected chi connectivity index (χ2v) is 5.04. The van der Waals surface area contributed by atoms with Crippen LogP contribution in [0.15, 0.2) is 42.5 Å². The molecule has 0 amide bonds. The molecule has 0 aliphatic rings. The number of nitrogens with two attached hydrogens (primary N) is 1. The van der Waals surface area contributed by atoms with Gasteiger partial charge in [0.05, 0.1) is 17.1 Å². The van der Waals surface area contributed by atoms with Crippen molar-refractivity contribution >= 4 is 16.7 Å². The minimum absolute atomic E-state index is 0.142.